The van der Waals surface area contributed by atoms with Crippen LogP contribution in [0.4, 0.5) is 4.79 Å². The van der Waals surface area contributed by atoms with E-state index in [1.54, 1.807) is 6.20 Å². The first kappa shape index (κ1) is 19.0. The molecule has 1 amide bonds. The average molecular weight is 407 g/mol. The molecule has 0 unspecified atom stereocenters. The summed E-state index contributed by atoms with van der Waals surface area (Å²) in [4.78, 5) is 19.6. The first-order valence-corrected chi connectivity index (χ1v) is 10.3. The van der Waals surface area contributed by atoms with Gasteiger partial charge in [0.2, 0.25) is 0 Å². The topological polar surface area (TPSA) is 67.0 Å². The lowest BCUT2D eigenvalue weighted by atomic mass is 9.98. The second-order valence-electron chi connectivity index (χ2n) is 7.41. The summed E-state index contributed by atoms with van der Waals surface area (Å²) >= 11 is 0. The van der Waals surface area contributed by atoms with Gasteiger partial charge in [-0.1, -0.05) is 60.4 Å². The minimum Gasteiger partial charge on any atom is -0.449 e. The Morgan fingerprint density at radius 2 is 1.77 bits per heavy atom. The van der Waals surface area contributed by atoms with E-state index in [4.69, 9.17) is 4.74 Å². The molecule has 5 rings (SSSR count). The fourth-order valence-corrected chi connectivity index (χ4v) is 4.09. The fraction of sp³-hybridized carbons (Fsp3) is 0.154. The molecule has 2 N–H and O–H groups in total. The second kappa shape index (κ2) is 8.37. The van der Waals surface area contributed by atoms with Gasteiger partial charge in [0.15, 0.2) is 0 Å². The van der Waals surface area contributed by atoms with E-state index < -0.39 is 6.09 Å². The normalized spacial score (nSPS) is 12.0. The molecule has 2 aromatic carbocycles. The Labute approximate surface area is 180 Å². The van der Waals surface area contributed by atoms with Crippen LogP contribution in [-0.4, -0.2) is 29.2 Å². The number of aromatic nitrogens is 2. The quantitative estimate of drug-likeness (QED) is 0.376. The predicted octanol–water partition coefficient (Wildman–Crippen LogP) is 4.84. The van der Waals surface area contributed by atoms with Crippen molar-refractivity contribution >= 4 is 17.1 Å². The SMILES string of the molecule is O=C(NCCC#Cc1c[nH]c2ncccc12)OCC1c2ccccc2-c2ccccc21. The number of pyridine rings is 1. The van der Waals surface area contributed by atoms with E-state index in [0.717, 1.165) is 16.6 Å². The van der Waals surface area contributed by atoms with Crippen LogP contribution in [0.1, 0.15) is 29.0 Å². The maximum atomic E-state index is 12.2. The smallest absolute Gasteiger partial charge is 0.407 e. The monoisotopic (exact) mass is 407 g/mol. The molecule has 1 aliphatic rings. The highest BCUT2D eigenvalue weighted by Crippen LogP contribution is 2.44. The third-order valence-corrected chi connectivity index (χ3v) is 5.54. The molecule has 2 aromatic heterocycles. The second-order valence-corrected chi connectivity index (χ2v) is 7.41. The van der Waals surface area contributed by atoms with Crippen molar-refractivity contribution < 1.29 is 9.53 Å². The molecule has 0 atom stereocenters. The Hall–Kier alpha value is -4.04. The van der Waals surface area contributed by atoms with E-state index in [1.165, 1.54) is 22.3 Å². The number of hydrogen-bond acceptors (Lipinski definition) is 3. The fourth-order valence-electron chi connectivity index (χ4n) is 4.09. The Bertz CT molecular complexity index is 1270. The van der Waals surface area contributed by atoms with E-state index in [9.17, 15) is 4.79 Å². The summed E-state index contributed by atoms with van der Waals surface area (Å²) in [6, 6.07) is 20.5. The Balaban J connectivity index is 1.15. The molecule has 4 aromatic rings. The number of benzene rings is 2. The van der Waals surface area contributed by atoms with Crippen LogP contribution in [0.5, 0.6) is 0 Å². The number of rotatable bonds is 4. The number of carbonyl (C=O) groups excluding carboxylic acids is 1. The number of nitrogens with one attached hydrogen (secondary N) is 2. The highest BCUT2D eigenvalue weighted by molar-refractivity contribution is 5.82. The summed E-state index contributed by atoms with van der Waals surface area (Å²) in [7, 11) is 0. The van der Waals surface area contributed by atoms with Crippen molar-refractivity contribution in [1.82, 2.24) is 15.3 Å². The minimum absolute atomic E-state index is 0.0634. The van der Waals surface area contributed by atoms with E-state index in [-0.39, 0.29) is 5.92 Å². The van der Waals surface area contributed by atoms with Crippen LogP contribution in [0.15, 0.2) is 73.1 Å². The van der Waals surface area contributed by atoms with Gasteiger partial charge >= 0.3 is 6.09 Å². The number of ether oxygens (including phenoxy) is 1. The number of fused-ring (bicyclic) bond motifs is 4. The van der Waals surface area contributed by atoms with Gasteiger partial charge in [-0.3, -0.25) is 0 Å². The van der Waals surface area contributed by atoms with Gasteiger partial charge in [0.1, 0.15) is 12.3 Å². The van der Waals surface area contributed by atoms with Crippen molar-refractivity contribution in [1.29, 1.82) is 0 Å². The number of H-pyrrole nitrogens is 1. The lowest BCUT2D eigenvalue weighted by Gasteiger charge is -2.14. The number of alkyl carbamates (subject to hydrolysis) is 1. The Morgan fingerprint density at radius 1 is 1.03 bits per heavy atom. The first-order valence-electron chi connectivity index (χ1n) is 10.3. The van der Waals surface area contributed by atoms with Crippen LogP contribution >= 0.6 is 0 Å². The van der Waals surface area contributed by atoms with Crippen LogP contribution in [-0.2, 0) is 4.74 Å². The molecular weight excluding hydrogens is 386 g/mol. The molecule has 1 aliphatic carbocycles. The number of amides is 1. The third kappa shape index (κ3) is 3.76. The van der Waals surface area contributed by atoms with Crippen molar-refractivity contribution in [2.24, 2.45) is 0 Å². The number of aromatic amines is 1. The molecular formula is C26H21N3O2. The van der Waals surface area contributed by atoms with Gasteiger partial charge < -0.3 is 15.0 Å². The average Bonchev–Trinajstić information content (AvgIpc) is 3.37. The highest BCUT2D eigenvalue weighted by Gasteiger charge is 2.28. The number of hydrogen-bond donors (Lipinski definition) is 2. The summed E-state index contributed by atoms with van der Waals surface area (Å²) < 4.78 is 5.54. The van der Waals surface area contributed by atoms with Crippen LogP contribution in [0.3, 0.4) is 0 Å². The van der Waals surface area contributed by atoms with Crippen LogP contribution in [0.2, 0.25) is 0 Å². The van der Waals surface area contributed by atoms with Crippen molar-refractivity contribution in [2.45, 2.75) is 12.3 Å². The molecule has 0 spiro atoms. The van der Waals surface area contributed by atoms with Gasteiger partial charge in [-0.25, -0.2) is 9.78 Å². The molecule has 5 heteroatoms. The minimum atomic E-state index is -0.417. The van der Waals surface area contributed by atoms with Crippen molar-refractivity contribution in [2.75, 3.05) is 13.2 Å². The van der Waals surface area contributed by atoms with Gasteiger partial charge in [-0.15, -0.1) is 0 Å². The maximum Gasteiger partial charge on any atom is 0.407 e. The summed E-state index contributed by atoms with van der Waals surface area (Å²) in [5.41, 5.74) is 6.57. The standard InChI is InChI=1S/C26H21N3O2/c30-26(28-14-6-5-8-18-16-29-25-19(18)13-7-15-27-25)31-17-24-22-11-3-1-9-20(22)21-10-2-4-12-23(21)24/h1-4,7,9-13,15-16,24H,6,14,17H2,(H,27,29)(H,28,30). The maximum absolute atomic E-state index is 12.2. The Morgan fingerprint density at radius 3 is 2.55 bits per heavy atom. The summed E-state index contributed by atoms with van der Waals surface area (Å²) in [6.45, 7) is 0.748. The number of nitrogens with zero attached hydrogens (tertiary/aromatic N) is 1. The Kier molecular flexibility index (Phi) is 5.12. The van der Waals surface area contributed by atoms with Gasteiger partial charge in [0, 0.05) is 36.7 Å². The van der Waals surface area contributed by atoms with Crippen molar-refractivity contribution in [3.05, 3.63) is 89.7 Å². The third-order valence-electron chi connectivity index (χ3n) is 5.54. The van der Waals surface area contributed by atoms with Gasteiger partial charge in [0.05, 0.1) is 5.56 Å². The van der Waals surface area contributed by atoms with E-state index in [1.807, 2.05) is 42.6 Å². The van der Waals surface area contributed by atoms with E-state index in [0.29, 0.717) is 19.6 Å². The summed E-state index contributed by atoms with van der Waals surface area (Å²) in [6.07, 6.45) is 3.72. The largest absolute Gasteiger partial charge is 0.449 e. The van der Waals surface area contributed by atoms with Crippen LogP contribution in [0, 0.1) is 11.8 Å². The summed E-state index contributed by atoms with van der Waals surface area (Å²) in [5.74, 6) is 6.28. The van der Waals surface area contributed by atoms with E-state index >= 15 is 0 Å². The van der Waals surface area contributed by atoms with Gasteiger partial charge in [-0.2, -0.15) is 0 Å². The molecule has 0 saturated heterocycles. The molecule has 5 nitrogen and oxygen atoms in total. The van der Waals surface area contributed by atoms with Crippen molar-refractivity contribution in [3.63, 3.8) is 0 Å². The molecule has 0 fully saturated rings. The zero-order valence-corrected chi connectivity index (χ0v) is 16.9. The predicted molar refractivity (Wildman–Crippen MR) is 121 cm³/mol. The molecule has 0 saturated carbocycles. The van der Waals surface area contributed by atoms with E-state index in [2.05, 4.69) is 51.4 Å². The van der Waals surface area contributed by atoms with Gasteiger partial charge in [-0.05, 0) is 34.4 Å². The molecule has 2 heterocycles. The lowest BCUT2D eigenvalue weighted by molar-refractivity contribution is 0.143. The first-order chi connectivity index (χ1) is 15.3. The molecule has 0 radical (unpaired) electrons. The number of carbonyl (C=O) groups is 1. The highest BCUT2D eigenvalue weighted by atomic mass is 16.5. The molecule has 0 bridgehead atoms. The lowest BCUT2D eigenvalue weighted by Crippen LogP contribution is -2.26. The molecule has 31 heavy (non-hydrogen) atoms. The molecule has 152 valence electrons. The van der Waals surface area contributed by atoms with Crippen molar-refractivity contribution in [3.8, 4) is 23.0 Å². The van der Waals surface area contributed by atoms with Gasteiger partial charge in [0.25, 0.3) is 0 Å². The van der Waals surface area contributed by atoms with Crippen LogP contribution < -0.4 is 5.32 Å². The summed E-state index contributed by atoms with van der Waals surface area (Å²) in [5, 5.41) is 3.79. The zero-order chi connectivity index (χ0) is 21.0. The zero-order valence-electron chi connectivity index (χ0n) is 16.9. The van der Waals surface area contributed by atoms with Crippen LogP contribution in [0.25, 0.3) is 22.2 Å². The molecule has 0 aliphatic heterocycles.